The number of carbonyl (C=O) groups excluding carboxylic acids is 1. The Bertz CT molecular complexity index is 703. The summed E-state index contributed by atoms with van der Waals surface area (Å²) >= 11 is 1.31. The highest BCUT2D eigenvalue weighted by Gasteiger charge is 2.15. The summed E-state index contributed by atoms with van der Waals surface area (Å²) in [5.74, 6) is 1.13. The topological polar surface area (TPSA) is 90.9 Å². The predicted octanol–water partition coefficient (Wildman–Crippen LogP) is 2.89. The number of nitro benzene ring substituents is 1. The molecule has 0 N–H and O–H groups in total. The second kappa shape index (κ2) is 6.91. The minimum atomic E-state index is -0.481. The van der Waals surface area contributed by atoms with E-state index < -0.39 is 4.92 Å². The third kappa shape index (κ3) is 3.76. The molecule has 0 amide bonds. The van der Waals surface area contributed by atoms with Crippen molar-refractivity contribution in [2.24, 2.45) is 0 Å². The SMILES string of the molecule is O=C(CSc1nc2n(n1)CCCCC2)c1ccc([N+](=O)[O-])cc1. The lowest BCUT2D eigenvalue weighted by atomic mass is 10.1. The van der Waals surface area contributed by atoms with E-state index in [4.69, 9.17) is 0 Å². The molecule has 23 heavy (non-hydrogen) atoms. The quantitative estimate of drug-likeness (QED) is 0.362. The summed E-state index contributed by atoms with van der Waals surface area (Å²) in [5, 5.41) is 15.7. The standard InChI is InChI=1S/C15H16N4O3S/c20-13(11-5-7-12(8-6-11)19(21)22)10-23-15-16-14-4-2-1-3-9-18(14)17-15/h5-8H,1-4,9-10H2. The molecule has 2 heterocycles. The molecule has 8 heteroatoms. The molecule has 0 fully saturated rings. The fraction of sp³-hybridized carbons (Fsp3) is 0.400. The smallest absolute Gasteiger partial charge is 0.269 e. The molecule has 120 valence electrons. The van der Waals surface area contributed by atoms with E-state index in [1.165, 1.54) is 42.4 Å². The molecule has 0 saturated heterocycles. The molecule has 0 radical (unpaired) electrons. The maximum absolute atomic E-state index is 12.1. The van der Waals surface area contributed by atoms with Gasteiger partial charge in [-0.05, 0) is 25.0 Å². The van der Waals surface area contributed by atoms with Crippen molar-refractivity contribution in [3.63, 3.8) is 0 Å². The molecule has 7 nitrogen and oxygen atoms in total. The lowest BCUT2D eigenvalue weighted by Gasteiger charge is -1.99. The Morgan fingerprint density at radius 2 is 2.04 bits per heavy atom. The number of rotatable bonds is 5. The molecule has 1 aliphatic rings. The van der Waals surface area contributed by atoms with Crippen molar-refractivity contribution < 1.29 is 9.72 Å². The van der Waals surface area contributed by atoms with Crippen LogP contribution in [0.3, 0.4) is 0 Å². The number of carbonyl (C=O) groups is 1. The number of hydrogen-bond donors (Lipinski definition) is 0. The van der Waals surface area contributed by atoms with Crippen LogP contribution in [0.1, 0.15) is 35.4 Å². The summed E-state index contributed by atoms with van der Waals surface area (Å²) in [4.78, 5) is 26.8. The molecule has 0 spiro atoms. The number of ketones is 1. The van der Waals surface area contributed by atoms with Crippen molar-refractivity contribution in [2.45, 2.75) is 37.4 Å². The van der Waals surface area contributed by atoms with Crippen molar-refractivity contribution in [3.8, 4) is 0 Å². The number of aryl methyl sites for hydroxylation is 2. The van der Waals surface area contributed by atoms with E-state index in [-0.39, 0.29) is 17.2 Å². The Balaban J connectivity index is 1.61. The zero-order valence-corrected chi connectivity index (χ0v) is 13.3. The lowest BCUT2D eigenvalue weighted by Crippen LogP contribution is -2.03. The number of thioether (sulfide) groups is 1. The van der Waals surface area contributed by atoms with Crippen LogP contribution in [0.5, 0.6) is 0 Å². The first-order valence-corrected chi connectivity index (χ1v) is 8.46. The van der Waals surface area contributed by atoms with Gasteiger partial charge in [-0.25, -0.2) is 9.67 Å². The highest BCUT2D eigenvalue weighted by molar-refractivity contribution is 7.99. The minimum absolute atomic E-state index is 0.0197. The Morgan fingerprint density at radius 3 is 2.78 bits per heavy atom. The summed E-state index contributed by atoms with van der Waals surface area (Å²) < 4.78 is 1.94. The van der Waals surface area contributed by atoms with Gasteiger partial charge in [-0.3, -0.25) is 14.9 Å². The summed E-state index contributed by atoms with van der Waals surface area (Å²) in [5.41, 5.74) is 0.442. The van der Waals surface area contributed by atoms with Gasteiger partial charge in [-0.2, -0.15) is 0 Å². The van der Waals surface area contributed by atoms with Gasteiger partial charge in [0.15, 0.2) is 5.78 Å². The van der Waals surface area contributed by atoms with Crippen LogP contribution in [0.2, 0.25) is 0 Å². The number of non-ortho nitro benzene ring substituents is 1. The average Bonchev–Trinajstić information content (AvgIpc) is 2.82. The molecule has 0 unspecified atom stereocenters. The first kappa shape index (κ1) is 15.7. The number of fused-ring (bicyclic) bond motifs is 1. The van der Waals surface area contributed by atoms with Crippen LogP contribution >= 0.6 is 11.8 Å². The summed E-state index contributed by atoms with van der Waals surface area (Å²) in [6.45, 7) is 0.888. The van der Waals surface area contributed by atoms with E-state index in [0.717, 1.165) is 31.6 Å². The average molecular weight is 332 g/mol. The second-order valence-corrected chi connectivity index (χ2v) is 6.30. The third-order valence-electron chi connectivity index (χ3n) is 3.73. The van der Waals surface area contributed by atoms with Gasteiger partial charge >= 0.3 is 0 Å². The van der Waals surface area contributed by atoms with Gasteiger partial charge in [0.2, 0.25) is 5.16 Å². The monoisotopic (exact) mass is 332 g/mol. The molecule has 0 bridgehead atoms. The molecule has 3 rings (SSSR count). The Hall–Kier alpha value is -2.22. The summed E-state index contributed by atoms with van der Waals surface area (Å²) in [6, 6.07) is 5.65. The lowest BCUT2D eigenvalue weighted by molar-refractivity contribution is -0.384. The maximum atomic E-state index is 12.1. The van der Waals surface area contributed by atoms with Gasteiger partial charge in [0.05, 0.1) is 10.7 Å². The van der Waals surface area contributed by atoms with E-state index in [1.54, 1.807) is 0 Å². The number of nitrogens with zero attached hydrogens (tertiary/aromatic N) is 4. The molecule has 0 atom stereocenters. The van der Waals surface area contributed by atoms with Crippen molar-refractivity contribution in [1.82, 2.24) is 14.8 Å². The van der Waals surface area contributed by atoms with Crippen molar-refractivity contribution in [1.29, 1.82) is 0 Å². The molecular formula is C15H16N4O3S. The van der Waals surface area contributed by atoms with Gasteiger partial charge in [0.25, 0.3) is 5.69 Å². The van der Waals surface area contributed by atoms with Crippen LogP contribution < -0.4 is 0 Å². The fourth-order valence-electron chi connectivity index (χ4n) is 2.48. The number of aromatic nitrogens is 3. The van der Waals surface area contributed by atoms with Gasteiger partial charge in [-0.15, -0.1) is 5.10 Å². The molecule has 0 aliphatic carbocycles. The van der Waals surface area contributed by atoms with Crippen LogP contribution in [0.25, 0.3) is 0 Å². The van der Waals surface area contributed by atoms with Gasteiger partial charge in [0.1, 0.15) is 5.82 Å². The van der Waals surface area contributed by atoms with E-state index in [2.05, 4.69) is 10.1 Å². The van der Waals surface area contributed by atoms with Crippen LogP contribution in [0.15, 0.2) is 29.4 Å². The van der Waals surface area contributed by atoms with Gasteiger partial charge in [0, 0.05) is 30.7 Å². The van der Waals surface area contributed by atoms with E-state index in [9.17, 15) is 14.9 Å². The number of hydrogen-bond acceptors (Lipinski definition) is 6. The van der Waals surface area contributed by atoms with E-state index in [0.29, 0.717) is 10.7 Å². The number of Topliss-reactive ketones (excluding diaryl/α,β-unsaturated/α-hetero) is 1. The molecule has 1 aliphatic heterocycles. The van der Waals surface area contributed by atoms with Gasteiger partial charge in [-0.1, -0.05) is 18.2 Å². The largest absolute Gasteiger partial charge is 0.293 e. The second-order valence-electron chi connectivity index (χ2n) is 5.36. The van der Waals surface area contributed by atoms with E-state index in [1.807, 2.05) is 4.68 Å². The van der Waals surface area contributed by atoms with Crippen molar-refractivity contribution >= 4 is 23.2 Å². The maximum Gasteiger partial charge on any atom is 0.269 e. The van der Waals surface area contributed by atoms with Crippen molar-refractivity contribution in [3.05, 3.63) is 45.8 Å². The Kier molecular flexibility index (Phi) is 4.71. The Labute approximate surface area is 137 Å². The number of benzene rings is 1. The van der Waals surface area contributed by atoms with Crippen LogP contribution in [0, 0.1) is 10.1 Å². The molecule has 2 aromatic rings. The molecule has 0 saturated carbocycles. The third-order valence-corrected chi connectivity index (χ3v) is 4.57. The predicted molar refractivity (Wildman–Crippen MR) is 85.7 cm³/mol. The molecule has 1 aromatic carbocycles. The highest BCUT2D eigenvalue weighted by atomic mass is 32.2. The fourth-order valence-corrected chi connectivity index (χ4v) is 3.23. The van der Waals surface area contributed by atoms with Crippen LogP contribution in [-0.2, 0) is 13.0 Å². The zero-order valence-electron chi connectivity index (χ0n) is 12.5. The first-order valence-electron chi connectivity index (χ1n) is 7.47. The Morgan fingerprint density at radius 1 is 1.26 bits per heavy atom. The summed E-state index contributed by atoms with van der Waals surface area (Å²) in [6.07, 6.45) is 4.38. The zero-order chi connectivity index (χ0) is 16.2. The minimum Gasteiger partial charge on any atom is -0.293 e. The van der Waals surface area contributed by atoms with Gasteiger partial charge < -0.3 is 0 Å². The van der Waals surface area contributed by atoms with Crippen molar-refractivity contribution in [2.75, 3.05) is 5.75 Å². The molecular weight excluding hydrogens is 316 g/mol. The van der Waals surface area contributed by atoms with Crippen LogP contribution in [-0.4, -0.2) is 31.2 Å². The number of nitro groups is 1. The normalized spacial score (nSPS) is 14.1. The highest BCUT2D eigenvalue weighted by Crippen LogP contribution is 2.20. The summed E-state index contributed by atoms with van der Waals surface area (Å²) in [7, 11) is 0. The van der Waals surface area contributed by atoms with Crippen LogP contribution in [0.4, 0.5) is 5.69 Å². The first-order chi connectivity index (χ1) is 11.1. The molecule has 1 aromatic heterocycles. The van der Waals surface area contributed by atoms with E-state index >= 15 is 0 Å².